The minimum absolute atomic E-state index is 0.256. The van der Waals surface area contributed by atoms with Crippen molar-refractivity contribution >= 4 is 0 Å². The SMILES string of the molecule is Cc1ccc(O)c(OC2CCCCC2)c1. The van der Waals surface area contributed by atoms with E-state index >= 15 is 0 Å². The van der Waals surface area contributed by atoms with E-state index in [1.165, 1.54) is 19.3 Å². The molecule has 1 aliphatic rings. The lowest BCUT2D eigenvalue weighted by atomic mass is 9.98. The molecule has 0 bridgehead atoms. The first-order valence-corrected chi connectivity index (χ1v) is 5.72. The Kier molecular flexibility index (Phi) is 3.14. The molecule has 2 nitrogen and oxygen atoms in total. The molecule has 0 atom stereocenters. The summed E-state index contributed by atoms with van der Waals surface area (Å²) < 4.78 is 5.82. The summed E-state index contributed by atoms with van der Waals surface area (Å²) in [7, 11) is 0. The fourth-order valence-electron chi connectivity index (χ4n) is 2.08. The van der Waals surface area contributed by atoms with Gasteiger partial charge in [0.15, 0.2) is 11.5 Å². The smallest absolute Gasteiger partial charge is 0.161 e. The van der Waals surface area contributed by atoms with Crippen LogP contribution in [0.1, 0.15) is 37.7 Å². The van der Waals surface area contributed by atoms with Crippen LogP contribution in [0.15, 0.2) is 18.2 Å². The summed E-state index contributed by atoms with van der Waals surface area (Å²) in [6.45, 7) is 2.01. The molecule has 0 saturated heterocycles. The van der Waals surface area contributed by atoms with Crippen LogP contribution in [-0.4, -0.2) is 11.2 Å². The highest BCUT2D eigenvalue weighted by molar-refractivity contribution is 5.41. The van der Waals surface area contributed by atoms with Gasteiger partial charge in [-0.3, -0.25) is 0 Å². The molecule has 1 fully saturated rings. The molecule has 82 valence electrons. The van der Waals surface area contributed by atoms with Gasteiger partial charge in [-0.25, -0.2) is 0 Å². The maximum absolute atomic E-state index is 9.64. The van der Waals surface area contributed by atoms with Gasteiger partial charge in [0, 0.05) is 0 Å². The predicted molar refractivity (Wildman–Crippen MR) is 60.3 cm³/mol. The summed E-state index contributed by atoms with van der Waals surface area (Å²) in [5.74, 6) is 0.896. The molecular weight excluding hydrogens is 188 g/mol. The van der Waals surface area contributed by atoms with Gasteiger partial charge < -0.3 is 9.84 Å². The fourth-order valence-corrected chi connectivity index (χ4v) is 2.08. The molecule has 15 heavy (non-hydrogen) atoms. The molecular formula is C13H18O2. The molecule has 2 heteroatoms. The van der Waals surface area contributed by atoms with Crippen LogP contribution in [0.4, 0.5) is 0 Å². The quantitative estimate of drug-likeness (QED) is 0.803. The van der Waals surface area contributed by atoms with Crippen LogP contribution in [0.3, 0.4) is 0 Å². The van der Waals surface area contributed by atoms with Crippen LogP contribution in [0.2, 0.25) is 0 Å². The van der Waals surface area contributed by atoms with E-state index in [1.807, 2.05) is 19.1 Å². The minimum atomic E-state index is 0.256. The predicted octanol–water partition coefficient (Wildman–Crippen LogP) is 3.41. The molecule has 0 amide bonds. The van der Waals surface area contributed by atoms with E-state index in [9.17, 15) is 5.11 Å². The van der Waals surface area contributed by atoms with Crippen molar-refractivity contribution in [3.63, 3.8) is 0 Å². The second kappa shape index (κ2) is 4.56. The molecule has 2 rings (SSSR count). The molecule has 1 N–H and O–H groups in total. The zero-order valence-corrected chi connectivity index (χ0v) is 9.20. The third-order valence-electron chi connectivity index (χ3n) is 2.96. The van der Waals surface area contributed by atoms with Gasteiger partial charge in [-0.05, 0) is 50.3 Å². The van der Waals surface area contributed by atoms with Crippen molar-refractivity contribution in [2.24, 2.45) is 0 Å². The number of benzene rings is 1. The monoisotopic (exact) mass is 206 g/mol. The van der Waals surface area contributed by atoms with Crippen molar-refractivity contribution in [2.75, 3.05) is 0 Å². The zero-order valence-electron chi connectivity index (χ0n) is 9.20. The van der Waals surface area contributed by atoms with Crippen molar-refractivity contribution in [1.29, 1.82) is 0 Å². The van der Waals surface area contributed by atoms with E-state index in [0.29, 0.717) is 11.9 Å². The Morgan fingerprint density at radius 1 is 1.20 bits per heavy atom. The summed E-state index contributed by atoms with van der Waals surface area (Å²) >= 11 is 0. The zero-order chi connectivity index (χ0) is 10.7. The Hall–Kier alpha value is -1.18. The van der Waals surface area contributed by atoms with Crippen LogP contribution in [0.5, 0.6) is 11.5 Å². The summed E-state index contributed by atoms with van der Waals surface area (Å²) in [6, 6.07) is 5.50. The van der Waals surface area contributed by atoms with Gasteiger partial charge in [-0.2, -0.15) is 0 Å². The van der Waals surface area contributed by atoms with Gasteiger partial charge in [0.2, 0.25) is 0 Å². The van der Waals surface area contributed by atoms with Gasteiger partial charge in [0.25, 0.3) is 0 Å². The number of aromatic hydroxyl groups is 1. The number of hydrogen-bond acceptors (Lipinski definition) is 2. The van der Waals surface area contributed by atoms with Crippen LogP contribution in [0.25, 0.3) is 0 Å². The topological polar surface area (TPSA) is 29.5 Å². The van der Waals surface area contributed by atoms with Gasteiger partial charge in [-0.1, -0.05) is 12.5 Å². The van der Waals surface area contributed by atoms with Crippen LogP contribution < -0.4 is 4.74 Å². The molecule has 1 aromatic carbocycles. The van der Waals surface area contributed by atoms with Crippen LogP contribution in [-0.2, 0) is 0 Å². The van der Waals surface area contributed by atoms with E-state index in [2.05, 4.69) is 0 Å². The number of hydrogen-bond donors (Lipinski definition) is 1. The Morgan fingerprint density at radius 2 is 1.93 bits per heavy atom. The third kappa shape index (κ3) is 2.65. The van der Waals surface area contributed by atoms with E-state index in [4.69, 9.17) is 4.74 Å². The van der Waals surface area contributed by atoms with Gasteiger partial charge in [0.1, 0.15) is 0 Å². The van der Waals surface area contributed by atoms with Crippen molar-refractivity contribution in [3.8, 4) is 11.5 Å². The number of aryl methyl sites for hydroxylation is 1. The molecule has 0 aliphatic heterocycles. The molecule has 0 aromatic heterocycles. The van der Waals surface area contributed by atoms with Crippen LogP contribution >= 0.6 is 0 Å². The Bertz CT molecular complexity index is 327. The van der Waals surface area contributed by atoms with E-state index in [1.54, 1.807) is 6.07 Å². The second-order valence-electron chi connectivity index (χ2n) is 4.35. The molecule has 0 spiro atoms. The van der Waals surface area contributed by atoms with Crippen LogP contribution in [0, 0.1) is 6.92 Å². The highest BCUT2D eigenvalue weighted by atomic mass is 16.5. The highest BCUT2D eigenvalue weighted by Gasteiger charge is 2.16. The summed E-state index contributed by atoms with van der Waals surface area (Å²) in [6.07, 6.45) is 6.35. The molecule has 0 heterocycles. The van der Waals surface area contributed by atoms with E-state index < -0.39 is 0 Å². The lowest BCUT2D eigenvalue weighted by molar-refractivity contribution is 0.150. The highest BCUT2D eigenvalue weighted by Crippen LogP contribution is 2.30. The van der Waals surface area contributed by atoms with Crippen molar-refractivity contribution in [3.05, 3.63) is 23.8 Å². The third-order valence-corrected chi connectivity index (χ3v) is 2.96. The lowest BCUT2D eigenvalue weighted by Gasteiger charge is -2.23. The normalized spacial score (nSPS) is 17.7. The molecule has 1 aliphatic carbocycles. The Morgan fingerprint density at radius 3 is 2.67 bits per heavy atom. The number of rotatable bonds is 2. The average Bonchev–Trinajstić information content (AvgIpc) is 2.25. The molecule has 1 saturated carbocycles. The van der Waals surface area contributed by atoms with E-state index in [-0.39, 0.29) is 5.75 Å². The number of phenols is 1. The number of phenolic OH excluding ortho intramolecular Hbond substituents is 1. The van der Waals surface area contributed by atoms with Crippen molar-refractivity contribution in [2.45, 2.75) is 45.1 Å². The largest absolute Gasteiger partial charge is 0.504 e. The number of ether oxygens (including phenoxy) is 1. The molecule has 0 unspecified atom stereocenters. The lowest BCUT2D eigenvalue weighted by Crippen LogP contribution is -2.19. The van der Waals surface area contributed by atoms with Gasteiger partial charge >= 0.3 is 0 Å². The maximum Gasteiger partial charge on any atom is 0.161 e. The first-order chi connectivity index (χ1) is 7.25. The second-order valence-corrected chi connectivity index (χ2v) is 4.35. The maximum atomic E-state index is 9.64. The Balaban J connectivity index is 2.05. The van der Waals surface area contributed by atoms with Gasteiger partial charge in [0.05, 0.1) is 6.10 Å². The van der Waals surface area contributed by atoms with E-state index in [0.717, 1.165) is 18.4 Å². The fraction of sp³-hybridized carbons (Fsp3) is 0.538. The first-order valence-electron chi connectivity index (χ1n) is 5.72. The van der Waals surface area contributed by atoms with Gasteiger partial charge in [-0.15, -0.1) is 0 Å². The molecule has 1 aromatic rings. The molecule has 0 radical (unpaired) electrons. The van der Waals surface area contributed by atoms with Crippen molar-refractivity contribution < 1.29 is 9.84 Å². The first kappa shape index (κ1) is 10.3. The summed E-state index contributed by atoms with van der Waals surface area (Å²) in [5, 5.41) is 9.64. The average molecular weight is 206 g/mol. The summed E-state index contributed by atoms with van der Waals surface area (Å²) in [5.41, 5.74) is 1.12. The van der Waals surface area contributed by atoms with Crippen molar-refractivity contribution in [1.82, 2.24) is 0 Å². The minimum Gasteiger partial charge on any atom is -0.504 e. The Labute approximate surface area is 90.9 Å². The standard InChI is InChI=1S/C13H18O2/c1-10-7-8-12(14)13(9-10)15-11-5-3-2-4-6-11/h7-9,11,14H,2-6H2,1H3. The summed E-state index contributed by atoms with van der Waals surface area (Å²) in [4.78, 5) is 0.